The van der Waals surface area contributed by atoms with Gasteiger partial charge in [-0.05, 0) is 6.92 Å². The van der Waals surface area contributed by atoms with Crippen molar-refractivity contribution in [2.24, 2.45) is 0 Å². The molecule has 0 radical (unpaired) electrons. The molecule has 0 heterocycles. The second-order valence-electron chi connectivity index (χ2n) is 2.04. The highest BCUT2D eigenvalue weighted by Crippen LogP contribution is 2.51. The molecule has 13 heavy (non-hydrogen) atoms. The van der Waals surface area contributed by atoms with Crippen LogP contribution in [0.2, 0.25) is 0 Å². The third-order valence-electron chi connectivity index (χ3n) is 1.34. The zero-order chi connectivity index (χ0) is 10.5. The van der Waals surface area contributed by atoms with E-state index in [2.05, 4.69) is 20.9 Å². The molecule has 0 aliphatic heterocycles. The number of carbonyl (C=O) groups is 1. The van der Waals surface area contributed by atoms with E-state index >= 15 is 0 Å². The average molecular weight is 206 g/mol. The predicted octanol–water partition coefficient (Wildman–Crippen LogP) is 0.949. The molecule has 74 valence electrons. The fourth-order valence-corrected chi connectivity index (χ4v) is 1.83. The van der Waals surface area contributed by atoms with Gasteiger partial charge in [0.1, 0.15) is 0 Å². The van der Waals surface area contributed by atoms with Crippen LogP contribution in [-0.2, 0) is 18.4 Å². The van der Waals surface area contributed by atoms with Crippen molar-refractivity contribution < 1.29 is 23.5 Å². The van der Waals surface area contributed by atoms with Gasteiger partial charge in [-0.15, -0.1) is 5.92 Å². The molecule has 0 saturated heterocycles. The molecule has 1 atom stereocenters. The molecule has 0 aliphatic rings. The van der Waals surface area contributed by atoms with Crippen LogP contribution in [0.25, 0.3) is 0 Å². The van der Waals surface area contributed by atoms with Crippen LogP contribution in [0.15, 0.2) is 0 Å². The molecule has 0 aromatic carbocycles. The smallest absolute Gasteiger partial charge is 0.356 e. The number of carboxylic acids is 1. The molecule has 1 N–H and O–H groups in total. The Morgan fingerprint density at radius 1 is 1.46 bits per heavy atom. The lowest BCUT2D eigenvalue weighted by Crippen LogP contribution is -2.20. The molecular formula is C7H11O5P. The van der Waals surface area contributed by atoms with Gasteiger partial charge in [-0.2, -0.15) is 0 Å². The van der Waals surface area contributed by atoms with Gasteiger partial charge in [-0.3, -0.25) is 9.36 Å². The SMILES string of the molecule is CC#CC(C(=O)O)P(=O)(OC)OC. The molecule has 0 aliphatic carbocycles. The molecule has 0 bridgehead atoms. The Kier molecular flexibility index (Phi) is 4.71. The van der Waals surface area contributed by atoms with Gasteiger partial charge in [0, 0.05) is 14.2 Å². The molecular weight excluding hydrogens is 195 g/mol. The maximum Gasteiger partial charge on any atom is 0.356 e. The quantitative estimate of drug-likeness (QED) is 0.547. The second-order valence-corrected chi connectivity index (χ2v) is 4.37. The fraction of sp³-hybridized carbons (Fsp3) is 0.571. The van der Waals surface area contributed by atoms with Crippen LogP contribution >= 0.6 is 7.60 Å². The highest BCUT2D eigenvalue weighted by Gasteiger charge is 2.38. The van der Waals surface area contributed by atoms with Crippen molar-refractivity contribution in [1.82, 2.24) is 0 Å². The predicted molar refractivity (Wildman–Crippen MR) is 46.5 cm³/mol. The molecule has 0 aromatic heterocycles. The van der Waals surface area contributed by atoms with Crippen molar-refractivity contribution in [2.75, 3.05) is 14.2 Å². The summed E-state index contributed by atoms with van der Waals surface area (Å²) < 4.78 is 20.6. The van der Waals surface area contributed by atoms with E-state index in [4.69, 9.17) is 5.11 Å². The maximum absolute atomic E-state index is 11.6. The van der Waals surface area contributed by atoms with Crippen LogP contribution in [0.4, 0.5) is 0 Å². The summed E-state index contributed by atoms with van der Waals surface area (Å²) >= 11 is 0. The zero-order valence-corrected chi connectivity index (χ0v) is 8.50. The molecule has 0 amide bonds. The minimum atomic E-state index is -3.64. The first-order chi connectivity index (χ1) is 6.01. The van der Waals surface area contributed by atoms with Gasteiger partial charge >= 0.3 is 13.6 Å². The molecule has 5 nitrogen and oxygen atoms in total. The highest BCUT2D eigenvalue weighted by molar-refractivity contribution is 7.56. The summed E-state index contributed by atoms with van der Waals surface area (Å²) in [6.07, 6.45) is 0. The summed E-state index contributed by atoms with van der Waals surface area (Å²) in [5, 5.41) is 8.67. The lowest BCUT2D eigenvalue weighted by atomic mass is 10.4. The number of hydrogen-bond acceptors (Lipinski definition) is 4. The Bertz CT molecular complexity index is 279. The molecule has 1 unspecified atom stereocenters. The normalized spacial score (nSPS) is 12.8. The third kappa shape index (κ3) is 2.85. The van der Waals surface area contributed by atoms with E-state index in [-0.39, 0.29) is 0 Å². The minimum Gasteiger partial charge on any atom is -0.480 e. The number of rotatable bonds is 4. The van der Waals surface area contributed by atoms with Gasteiger partial charge in [0.2, 0.25) is 5.66 Å². The standard InChI is InChI=1S/C7H11O5P/c1-4-5-6(7(8)9)13(10,11-2)12-3/h6H,1-3H3,(H,8,9). The third-order valence-corrected chi connectivity index (χ3v) is 3.34. The van der Waals surface area contributed by atoms with Crippen molar-refractivity contribution in [3.8, 4) is 11.8 Å². The summed E-state index contributed by atoms with van der Waals surface area (Å²) in [5.41, 5.74) is -1.42. The fourth-order valence-electron chi connectivity index (χ4n) is 0.698. The van der Waals surface area contributed by atoms with Gasteiger partial charge < -0.3 is 14.2 Å². The molecule has 0 rings (SSSR count). The Hall–Kier alpha value is -0.820. The van der Waals surface area contributed by atoms with Crippen LogP contribution in [-0.4, -0.2) is 31.0 Å². The van der Waals surface area contributed by atoms with Crippen molar-refractivity contribution in [1.29, 1.82) is 0 Å². The summed E-state index contributed by atoms with van der Waals surface area (Å²) in [6, 6.07) is 0. The van der Waals surface area contributed by atoms with Gasteiger partial charge in [0.25, 0.3) is 0 Å². The summed E-state index contributed by atoms with van der Waals surface area (Å²) in [7, 11) is -1.39. The largest absolute Gasteiger partial charge is 0.480 e. The van der Waals surface area contributed by atoms with Crippen molar-refractivity contribution in [3.63, 3.8) is 0 Å². The Labute approximate surface area is 76.6 Å². The number of hydrogen-bond donors (Lipinski definition) is 1. The molecule has 0 saturated carbocycles. The molecule has 0 aromatic rings. The summed E-state index contributed by atoms with van der Waals surface area (Å²) in [4.78, 5) is 10.6. The van der Waals surface area contributed by atoms with Crippen LogP contribution in [0.5, 0.6) is 0 Å². The Balaban J connectivity index is 4.99. The number of aliphatic carboxylic acids is 1. The Morgan fingerprint density at radius 3 is 2.15 bits per heavy atom. The van der Waals surface area contributed by atoms with Crippen LogP contribution < -0.4 is 0 Å². The van der Waals surface area contributed by atoms with Crippen LogP contribution in [0, 0.1) is 11.8 Å². The summed E-state index contributed by atoms with van der Waals surface area (Å²) in [5.74, 6) is 3.30. The lowest BCUT2D eigenvalue weighted by Gasteiger charge is -2.16. The van der Waals surface area contributed by atoms with E-state index in [0.29, 0.717) is 0 Å². The maximum atomic E-state index is 11.6. The van der Waals surface area contributed by atoms with E-state index in [1.54, 1.807) is 0 Å². The highest BCUT2D eigenvalue weighted by atomic mass is 31.2. The zero-order valence-electron chi connectivity index (χ0n) is 7.60. The Morgan fingerprint density at radius 2 is 1.92 bits per heavy atom. The first kappa shape index (κ1) is 12.2. The monoisotopic (exact) mass is 206 g/mol. The molecule has 0 fully saturated rings. The first-order valence-corrected chi connectivity index (χ1v) is 4.99. The van der Waals surface area contributed by atoms with E-state index in [9.17, 15) is 9.36 Å². The van der Waals surface area contributed by atoms with Gasteiger partial charge in [-0.1, -0.05) is 5.92 Å². The van der Waals surface area contributed by atoms with E-state index in [1.165, 1.54) is 6.92 Å². The van der Waals surface area contributed by atoms with E-state index < -0.39 is 19.2 Å². The van der Waals surface area contributed by atoms with E-state index in [1.807, 2.05) is 0 Å². The van der Waals surface area contributed by atoms with Gasteiger partial charge in [0.15, 0.2) is 0 Å². The summed E-state index contributed by atoms with van der Waals surface area (Å²) in [6.45, 7) is 1.45. The molecule has 6 heteroatoms. The topological polar surface area (TPSA) is 72.8 Å². The number of carboxylic acid groups (broad SMARTS) is 1. The van der Waals surface area contributed by atoms with Gasteiger partial charge in [-0.25, -0.2) is 0 Å². The van der Waals surface area contributed by atoms with Crippen molar-refractivity contribution in [2.45, 2.75) is 12.6 Å². The second kappa shape index (κ2) is 5.03. The van der Waals surface area contributed by atoms with Crippen molar-refractivity contribution >= 4 is 13.6 Å². The van der Waals surface area contributed by atoms with Crippen LogP contribution in [0.3, 0.4) is 0 Å². The first-order valence-electron chi connectivity index (χ1n) is 3.38. The van der Waals surface area contributed by atoms with Crippen LogP contribution in [0.1, 0.15) is 6.92 Å². The van der Waals surface area contributed by atoms with Crippen molar-refractivity contribution in [3.05, 3.63) is 0 Å². The molecule has 0 spiro atoms. The average Bonchev–Trinajstić information content (AvgIpc) is 2.12. The van der Waals surface area contributed by atoms with Gasteiger partial charge in [0.05, 0.1) is 0 Å². The van der Waals surface area contributed by atoms with E-state index in [0.717, 1.165) is 14.2 Å². The minimum absolute atomic E-state index is 1.12. The lowest BCUT2D eigenvalue weighted by molar-refractivity contribution is -0.135.